The zero-order valence-corrected chi connectivity index (χ0v) is 45.3. The van der Waals surface area contributed by atoms with E-state index in [1.165, 1.54) is 69.3 Å². The van der Waals surface area contributed by atoms with Gasteiger partial charge in [-0.3, -0.25) is 24.5 Å². The molecule has 0 unspecified atom stereocenters. The van der Waals surface area contributed by atoms with Gasteiger partial charge in [0.15, 0.2) is 12.0 Å². The van der Waals surface area contributed by atoms with Crippen molar-refractivity contribution in [1.29, 1.82) is 0 Å². The Morgan fingerprint density at radius 2 is 1.24 bits per heavy atom. The maximum Gasteiger partial charge on any atom is 1.00 e. The number of fused-ring (bicyclic) bond motifs is 2. The fourth-order valence-electron chi connectivity index (χ4n) is 3.71. The number of ether oxygens (including phenoxy) is 5. The summed E-state index contributed by atoms with van der Waals surface area (Å²) in [7, 11) is 6.98. The number of esters is 3. The van der Waals surface area contributed by atoms with Crippen LogP contribution in [0.4, 0.5) is 5.69 Å². The van der Waals surface area contributed by atoms with Gasteiger partial charge in [0.25, 0.3) is 6.47 Å². The van der Waals surface area contributed by atoms with Crippen molar-refractivity contribution in [2.75, 3.05) is 41.3 Å². The number of hydrogen-bond acceptors (Lipinski definition) is 18. The number of halogens is 3. The van der Waals surface area contributed by atoms with Crippen LogP contribution >= 0.6 is 82.6 Å². The van der Waals surface area contributed by atoms with E-state index in [2.05, 4.69) is 79.0 Å². The molecule has 5 aromatic rings. The molecule has 304 valence electrons. The third kappa shape index (κ3) is 22.7. The maximum atomic E-state index is 11.3. The van der Waals surface area contributed by atoms with Crippen LogP contribution in [-0.4, -0.2) is 85.2 Å². The zero-order chi connectivity index (χ0) is 42.8. The number of benzene rings is 3. The summed E-state index contributed by atoms with van der Waals surface area (Å²) in [6.07, 6.45) is 0.431. The molecule has 5 rings (SSSR count). The van der Waals surface area contributed by atoms with Crippen LogP contribution in [0, 0.1) is 10.1 Å². The molecule has 0 fully saturated rings. The molecule has 0 saturated carbocycles. The number of nitro benzene ring substituents is 1. The Labute approximate surface area is 457 Å². The van der Waals surface area contributed by atoms with Crippen molar-refractivity contribution in [1.82, 2.24) is 0 Å². The molecule has 2 heterocycles. The second-order valence-electron chi connectivity index (χ2n) is 9.23. The summed E-state index contributed by atoms with van der Waals surface area (Å²) in [4.78, 5) is 65.1. The number of rotatable bonds is 8. The van der Waals surface area contributed by atoms with Crippen molar-refractivity contribution in [3.63, 3.8) is 0 Å². The summed E-state index contributed by atoms with van der Waals surface area (Å²) >= 11 is 15.5. The molecule has 2 aromatic heterocycles. The van der Waals surface area contributed by atoms with Gasteiger partial charge in [-0.25, -0.2) is 9.59 Å². The van der Waals surface area contributed by atoms with Gasteiger partial charge in [-0.2, -0.15) is 12.6 Å². The first-order valence-electron chi connectivity index (χ1n) is 14.7. The Morgan fingerprint density at radius 1 is 0.810 bits per heavy atom. The number of nitrogens with zero attached hydrogens (tertiary/aromatic N) is 1. The van der Waals surface area contributed by atoms with Crippen LogP contribution in [0.5, 0.6) is 17.2 Å². The van der Waals surface area contributed by atoms with Crippen molar-refractivity contribution in [3.05, 3.63) is 92.2 Å². The number of thiol groups is 1. The van der Waals surface area contributed by atoms with Crippen LogP contribution in [-0.2, 0) is 28.7 Å². The molecule has 0 atom stereocenters. The minimum atomic E-state index is -0.636. The van der Waals surface area contributed by atoms with E-state index < -0.39 is 4.92 Å². The first-order valence-corrected chi connectivity index (χ1v) is 19.7. The number of aldehydes is 1. The number of hydrogen-bond donors (Lipinski definition) is 2. The third-order valence-corrected chi connectivity index (χ3v) is 8.54. The van der Waals surface area contributed by atoms with E-state index in [1.807, 2.05) is 30.3 Å². The molecule has 16 nitrogen and oxygen atoms in total. The SMILES string of the molecule is BrB(Br)Br.COC(=O)CS.COC(=O)c1cc2cccc(O)c2s1.COC(=O)c1cc2cccc(OC)c2s1.COc1cccc(C=O)c1[N+](=O)[O-].O=CO[O-].[H-].[K+].[K+]. The fraction of sp³-hybridized carbons (Fsp3) is 0.182. The van der Waals surface area contributed by atoms with Crippen LogP contribution in [0.2, 0.25) is 0 Å². The van der Waals surface area contributed by atoms with Gasteiger partial charge in [0.05, 0.1) is 61.2 Å². The average Bonchev–Trinajstić information content (AvgIpc) is 3.86. The molecule has 0 aliphatic rings. The van der Waals surface area contributed by atoms with Gasteiger partial charge in [-0.1, -0.05) is 30.3 Å². The van der Waals surface area contributed by atoms with E-state index in [0.29, 0.717) is 20.7 Å². The summed E-state index contributed by atoms with van der Waals surface area (Å²) < 4.78 is 25.4. The Kier molecular flexibility index (Phi) is 37.6. The molecular formula is C33H33BBr3K2NO15S3. The van der Waals surface area contributed by atoms with E-state index in [9.17, 15) is 34.4 Å². The Morgan fingerprint density at radius 3 is 1.60 bits per heavy atom. The van der Waals surface area contributed by atoms with Crippen molar-refractivity contribution < 1.29 is 172 Å². The minimum absolute atomic E-state index is 0. The topological polar surface area (TPSA) is 227 Å². The fourth-order valence-corrected chi connectivity index (χ4v) is 5.89. The molecule has 0 aliphatic heterocycles. The van der Waals surface area contributed by atoms with Crippen LogP contribution in [0.25, 0.3) is 20.2 Å². The number of aromatic hydroxyl groups is 1. The minimum Gasteiger partial charge on any atom is -1.00 e. The summed E-state index contributed by atoms with van der Waals surface area (Å²) in [5.41, 5.74) is -0.274. The van der Waals surface area contributed by atoms with Gasteiger partial charge in [0, 0.05) is 0 Å². The second kappa shape index (κ2) is 35.6. The number of carbonyl (C=O) groups excluding carboxylic acids is 5. The first kappa shape index (κ1) is 61.3. The second-order valence-corrected chi connectivity index (χ2v) is 18.1. The van der Waals surface area contributed by atoms with E-state index in [0.717, 1.165) is 21.2 Å². The van der Waals surface area contributed by atoms with Crippen molar-refractivity contribution >= 4 is 142 Å². The summed E-state index contributed by atoms with van der Waals surface area (Å²) in [6.45, 7) is -0.181. The largest absolute Gasteiger partial charge is 1.00 e. The predicted octanol–water partition coefficient (Wildman–Crippen LogP) is 1.31. The van der Waals surface area contributed by atoms with E-state index >= 15 is 0 Å². The van der Waals surface area contributed by atoms with Gasteiger partial charge in [-0.05, 0) is 47.2 Å². The van der Waals surface area contributed by atoms with E-state index in [1.54, 1.807) is 25.3 Å². The van der Waals surface area contributed by atoms with Gasteiger partial charge < -0.3 is 40.4 Å². The van der Waals surface area contributed by atoms with Crippen LogP contribution in [0.3, 0.4) is 0 Å². The van der Waals surface area contributed by atoms with E-state index in [-0.39, 0.29) is 160 Å². The van der Waals surface area contributed by atoms with Crippen LogP contribution in [0.15, 0.2) is 66.7 Å². The number of para-hydroxylation sites is 1. The standard InChI is InChI=1S/C11H10O3S.C10H8O3S.C8H7NO4.C3H6O2S.CH2O3.BBr3.2K.H/c1-13-8-5-3-4-7-6-9(11(12)14-2)15-10(7)8;1-13-10(12)8-5-6-3-2-4-7(11)9(6)14-8;1-13-7-4-2-3-6(5-10)8(7)9(11)12;1-5-3(4)2-6;2-1-4-3;2-1(3)4;;;/h3-6H,1-2H3;2-5,11H,1H3;2-5H,1H3;6H,2H2,1H3;1,3H;;;;/q;;;;;;2*+1;-1/p-1. The van der Waals surface area contributed by atoms with E-state index in [4.69, 9.17) is 19.5 Å². The Balaban J connectivity index is -0.000000325. The van der Waals surface area contributed by atoms with Gasteiger partial charge >= 0.3 is 130 Å². The maximum absolute atomic E-state index is 11.3. The van der Waals surface area contributed by atoms with Crippen molar-refractivity contribution in [2.24, 2.45) is 0 Å². The molecule has 0 aliphatic carbocycles. The smallest absolute Gasteiger partial charge is 1.00 e. The molecule has 0 saturated heterocycles. The molecule has 0 amide bonds. The van der Waals surface area contributed by atoms with Gasteiger partial charge in [-0.15, -0.1) is 69.9 Å². The van der Waals surface area contributed by atoms with Gasteiger partial charge in [0.2, 0.25) is 0 Å². The number of phenolic OH excluding ortho intramolecular Hbond substituents is 1. The van der Waals surface area contributed by atoms with Crippen LogP contribution < -0.4 is 118 Å². The average molecular weight is 1110 g/mol. The molecule has 58 heavy (non-hydrogen) atoms. The number of phenols is 1. The number of thiophene rings is 2. The number of methoxy groups -OCH3 is 5. The number of nitro groups is 1. The van der Waals surface area contributed by atoms with Crippen molar-refractivity contribution in [2.45, 2.75) is 0 Å². The molecule has 0 spiro atoms. The van der Waals surface area contributed by atoms with Crippen molar-refractivity contribution in [3.8, 4) is 17.2 Å². The Bertz CT molecular complexity index is 2040. The molecule has 1 N–H and O–H groups in total. The quantitative estimate of drug-likeness (QED) is 0.0327. The van der Waals surface area contributed by atoms with Gasteiger partial charge in [0.1, 0.15) is 21.3 Å². The van der Waals surface area contributed by atoms with Crippen LogP contribution in [0.1, 0.15) is 31.1 Å². The normalized spacial score (nSPS) is 8.86. The summed E-state index contributed by atoms with van der Waals surface area (Å²) in [6, 6.07) is 18.8. The molecule has 3 aromatic carbocycles. The summed E-state index contributed by atoms with van der Waals surface area (Å²) in [5, 5.41) is 30.3. The zero-order valence-electron chi connectivity index (χ0n) is 32.8. The molecule has 0 bridgehead atoms. The third-order valence-electron chi connectivity index (χ3n) is 5.98. The molecular weight excluding hydrogens is 1080 g/mol. The number of carbonyl (C=O) groups is 5. The predicted molar refractivity (Wildman–Crippen MR) is 226 cm³/mol. The molecule has 0 radical (unpaired) electrons. The molecule has 25 heteroatoms. The summed E-state index contributed by atoms with van der Waals surface area (Å²) in [5.74, 6) is 0.267. The Hall–Kier alpha value is -0.982. The first-order chi connectivity index (χ1) is 26.6. The monoisotopic (exact) mass is 1100 g/mol.